The second kappa shape index (κ2) is 8.31. The molecule has 0 radical (unpaired) electrons. The number of aryl methyl sites for hydroxylation is 1. The molecule has 0 fully saturated rings. The Morgan fingerprint density at radius 2 is 1.92 bits per heavy atom. The molecular formula is C17H18BrClN2O3S. The van der Waals surface area contributed by atoms with E-state index >= 15 is 0 Å². The summed E-state index contributed by atoms with van der Waals surface area (Å²) in [6, 6.07) is 12.3. The van der Waals surface area contributed by atoms with E-state index in [0.717, 1.165) is 20.6 Å². The average Bonchev–Trinajstić information content (AvgIpc) is 2.51. The minimum absolute atomic E-state index is 0.0330. The second-order valence-corrected chi connectivity index (χ2v) is 8.88. The average molecular weight is 446 g/mol. The number of anilines is 1. The van der Waals surface area contributed by atoms with Crippen molar-refractivity contribution in [3.63, 3.8) is 0 Å². The van der Waals surface area contributed by atoms with Gasteiger partial charge in [0, 0.05) is 21.7 Å². The number of hydrogen-bond donors (Lipinski definition) is 1. The monoisotopic (exact) mass is 444 g/mol. The summed E-state index contributed by atoms with van der Waals surface area (Å²) in [5, 5.41) is 3.17. The van der Waals surface area contributed by atoms with Crippen molar-refractivity contribution >= 4 is 49.1 Å². The van der Waals surface area contributed by atoms with Crippen LogP contribution in [0.15, 0.2) is 46.9 Å². The molecule has 134 valence electrons. The summed E-state index contributed by atoms with van der Waals surface area (Å²) >= 11 is 9.48. The number of amides is 1. The lowest BCUT2D eigenvalue weighted by Gasteiger charge is -2.20. The van der Waals surface area contributed by atoms with Crippen molar-refractivity contribution in [1.82, 2.24) is 4.31 Å². The van der Waals surface area contributed by atoms with E-state index < -0.39 is 15.9 Å². The zero-order valence-corrected chi connectivity index (χ0v) is 17.0. The normalized spacial score (nSPS) is 11.6. The van der Waals surface area contributed by atoms with Crippen LogP contribution in [0.3, 0.4) is 0 Å². The quantitative estimate of drug-likeness (QED) is 0.735. The lowest BCUT2D eigenvalue weighted by Crippen LogP contribution is -2.37. The van der Waals surface area contributed by atoms with Gasteiger partial charge in [0.1, 0.15) is 0 Å². The van der Waals surface area contributed by atoms with E-state index in [4.69, 9.17) is 11.6 Å². The highest BCUT2D eigenvalue weighted by molar-refractivity contribution is 9.10. The van der Waals surface area contributed by atoms with Gasteiger partial charge < -0.3 is 5.32 Å². The number of rotatable bonds is 6. The molecule has 2 aromatic rings. The van der Waals surface area contributed by atoms with Gasteiger partial charge in [-0.15, -0.1) is 0 Å². The molecular weight excluding hydrogens is 428 g/mol. The van der Waals surface area contributed by atoms with Crippen LogP contribution >= 0.6 is 27.5 Å². The van der Waals surface area contributed by atoms with Crippen molar-refractivity contribution < 1.29 is 13.2 Å². The molecule has 0 bridgehead atoms. The molecule has 2 aromatic carbocycles. The maximum Gasteiger partial charge on any atom is 0.239 e. The Morgan fingerprint density at radius 1 is 1.24 bits per heavy atom. The Bertz CT molecular complexity index is 887. The van der Waals surface area contributed by atoms with E-state index in [1.54, 1.807) is 36.4 Å². The third-order valence-electron chi connectivity index (χ3n) is 3.54. The molecule has 0 saturated carbocycles. The van der Waals surface area contributed by atoms with Crippen LogP contribution in [0.25, 0.3) is 0 Å². The molecule has 0 unspecified atom stereocenters. The second-order valence-electron chi connectivity index (χ2n) is 5.63. The predicted octanol–water partition coefficient (Wildman–Crippen LogP) is 3.81. The zero-order chi connectivity index (χ0) is 18.6. The third kappa shape index (κ3) is 5.81. The van der Waals surface area contributed by atoms with Crippen LogP contribution in [-0.2, 0) is 21.4 Å². The highest BCUT2D eigenvalue weighted by Gasteiger charge is 2.21. The molecule has 0 heterocycles. The predicted molar refractivity (Wildman–Crippen MR) is 104 cm³/mol. The smallest absolute Gasteiger partial charge is 0.239 e. The maximum absolute atomic E-state index is 12.3. The molecule has 5 nitrogen and oxygen atoms in total. The van der Waals surface area contributed by atoms with Gasteiger partial charge in [0.15, 0.2) is 0 Å². The lowest BCUT2D eigenvalue weighted by atomic mass is 10.2. The van der Waals surface area contributed by atoms with Gasteiger partial charge in [0.05, 0.1) is 12.8 Å². The van der Waals surface area contributed by atoms with Crippen LogP contribution in [0.2, 0.25) is 5.02 Å². The van der Waals surface area contributed by atoms with E-state index in [-0.39, 0.29) is 13.1 Å². The highest BCUT2D eigenvalue weighted by atomic mass is 79.9. The SMILES string of the molecule is Cc1cc(NC(=O)CN(Cc2ccccc2Cl)S(C)(=O)=O)ccc1Br. The van der Waals surface area contributed by atoms with Gasteiger partial charge in [-0.3, -0.25) is 4.79 Å². The first kappa shape index (κ1) is 19.9. The molecule has 1 amide bonds. The largest absolute Gasteiger partial charge is 0.325 e. The Morgan fingerprint density at radius 3 is 2.52 bits per heavy atom. The molecule has 8 heteroatoms. The summed E-state index contributed by atoms with van der Waals surface area (Å²) in [7, 11) is -3.58. The fourth-order valence-electron chi connectivity index (χ4n) is 2.19. The summed E-state index contributed by atoms with van der Waals surface area (Å²) in [5.74, 6) is -0.417. The van der Waals surface area contributed by atoms with Crippen LogP contribution in [0.1, 0.15) is 11.1 Å². The number of nitrogens with one attached hydrogen (secondary N) is 1. The van der Waals surface area contributed by atoms with Crippen LogP contribution in [0, 0.1) is 6.92 Å². The minimum Gasteiger partial charge on any atom is -0.325 e. The van der Waals surface area contributed by atoms with E-state index in [2.05, 4.69) is 21.2 Å². The number of sulfonamides is 1. The van der Waals surface area contributed by atoms with Crippen LogP contribution in [0.4, 0.5) is 5.69 Å². The summed E-state index contributed by atoms with van der Waals surface area (Å²) in [4.78, 5) is 12.3. The maximum atomic E-state index is 12.3. The third-order valence-corrected chi connectivity index (χ3v) is 5.99. The summed E-state index contributed by atoms with van der Waals surface area (Å²) in [6.45, 7) is 1.64. The van der Waals surface area contributed by atoms with Crippen molar-refractivity contribution in [3.05, 3.63) is 63.1 Å². The number of carbonyl (C=O) groups is 1. The zero-order valence-electron chi connectivity index (χ0n) is 13.8. The van der Waals surface area contributed by atoms with Gasteiger partial charge in [-0.05, 0) is 42.3 Å². The first-order valence-corrected chi connectivity index (χ1v) is 10.4. The van der Waals surface area contributed by atoms with Gasteiger partial charge in [0.2, 0.25) is 15.9 Å². The number of hydrogen-bond acceptors (Lipinski definition) is 3. The molecule has 0 aliphatic carbocycles. The number of nitrogens with zero attached hydrogens (tertiary/aromatic N) is 1. The number of benzene rings is 2. The Labute approximate surface area is 161 Å². The fourth-order valence-corrected chi connectivity index (χ4v) is 3.36. The molecule has 2 rings (SSSR count). The van der Waals surface area contributed by atoms with E-state index in [1.165, 1.54) is 0 Å². The van der Waals surface area contributed by atoms with Gasteiger partial charge in [0.25, 0.3) is 0 Å². The summed E-state index contributed by atoms with van der Waals surface area (Å²) < 4.78 is 26.1. The summed E-state index contributed by atoms with van der Waals surface area (Å²) in [5.41, 5.74) is 2.22. The molecule has 1 N–H and O–H groups in total. The van der Waals surface area contributed by atoms with Crippen molar-refractivity contribution in [2.45, 2.75) is 13.5 Å². The summed E-state index contributed by atoms with van der Waals surface area (Å²) in [6.07, 6.45) is 1.07. The van der Waals surface area contributed by atoms with Crippen LogP contribution < -0.4 is 5.32 Å². The Balaban J connectivity index is 2.13. The van der Waals surface area contributed by atoms with Crippen molar-refractivity contribution in [3.8, 4) is 0 Å². The highest BCUT2D eigenvalue weighted by Crippen LogP contribution is 2.21. The Kier molecular flexibility index (Phi) is 6.62. The van der Waals surface area contributed by atoms with Gasteiger partial charge in [-0.25, -0.2) is 8.42 Å². The van der Waals surface area contributed by atoms with Crippen LogP contribution in [-0.4, -0.2) is 31.4 Å². The topological polar surface area (TPSA) is 66.5 Å². The van der Waals surface area contributed by atoms with Crippen molar-refractivity contribution in [2.24, 2.45) is 0 Å². The van der Waals surface area contributed by atoms with E-state index in [9.17, 15) is 13.2 Å². The molecule has 0 atom stereocenters. The fraction of sp³-hybridized carbons (Fsp3) is 0.235. The number of carbonyl (C=O) groups excluding carboxylic acids is 1. The molecule has 0 aliphatic heterocycles. The van der Waals surface area contributed by atoms with Crippen molar-refractivity contribution in [2.75, 3.05) is 18.1 Å². The van der Waals surface area contributed by atoms with E-state index in [0.29, 0.717) is 16.3 Å². The molecule has 25 heavy (non-hydrogen) atoms. The molecule has 0 spiro atoms. The first-order valence-electron chi connectivity index (χ1n) is 7.41. The molecule has 0 aliphatic rings. The lowest BCUT2D eigenvalue weighted by molar-refractivity contribution is -0.116. The number of halogens is 2. The van der Waals surface area contributed by atoms with Gasteiger partial charge in [-0.2, -0.15) is 4.31 Å². The van der Waals surface area contributed by atoms with Crippen LogP contribution in [0.5, 0.6) is 0 Å². The first-order chi connectivity index (χ1) is 11.7. The standard InChI is InChI=1S/C17H18BrClN2O3S/c1-12-9-14(7-8-15(12)18)20-17(22)11-21(25(2,23)24)10-13-5-3-4-6-16(13)19/h3-9H,10-11H2,1-2H3,(H,20,22). The van der Waals surface area contributed by atoms with Gasteiger partial charge in [-0.1, -0.05) is 45.7 Å². The molecule has 0 aromatic heterocycles. The minimum atomic E-state index is -3.58. The van der Waals surface area contributed by atoms with Crippen molar-refractivity contribution in [1.29, 1.82) is 0 Å². The van der Waals surface area contributed by atoms with Gasteiger partial charge >= 0.3 is 0 Å². The molecule has 0 saturated heterocycles. The Hall–Kier alpha value is -1.41. The van der Waals surface area contributed by atoms with E-state index in [1.807, 2.05) is 13.0 Å².